The van der Waals surface area contributed by atoms with E-state index in [2.05, 4.69) is 5.32 Å². The topological polar surface area (TPSA) is 78.9 Å². The lowest BCUT2D eigenvalue weighted by Crippen LogP contribution is -2.46. The maximum atomic E-state index is 12.4. The van der Waals surface area contributed by atoms with E-state index in [1.165, 1.54) is 0 Å². The molecule has 1 amide bonds. The zero-order valence-corrected chi connectivity index (χ0v) is 13.4. The van der Waals surface area contributed by atoms with Gasteiger partial charge in [-0.15, -0.1) is 0 Å². The summed E-state index contributed by atoms with van der Waals surface area (Å²) in [5.74, 6) is -0.0546. The zero-order valence-electron chi connectivity index (χ0n) is 13.4. The van der Waals surface area contributed by atoms with Crippen LogP contribution in [0.1, 0.15) is 46.5 Å². The Morgan fingerprint density at radius 2 is 2.18 bits per heavy atom. The third-order valence-electron chi connectivity index (χ3n) is 3.54. The minimum Gasteiger partial charge on any atom is -0.481 e. The molecule has 0 bridgehead atoms. The molecule has 0 radical (unpaired) electrons. The number of amides is 1. The second kappa shape index (κ2) is 6.42. The Hall–Kier alpha value is -1.98. The van der Waals surface area contributed by atoms with Gasteiger partial charge in [0.15, 0.2) is 0 Å². The van der Waals surface area contributed by atoms with Crippen molar-refractivity contribution in [2.24, 2.45) is 0 Å². The van der Waals surface area contributed by atoms with E-state index in [0.717, 1.165) is 24.2 Å². The molecule has 6 nitrogen and oxygen atoms in total. The van der Waals surface area contributed by atoms with Crippen LogP contribution in [0.15, 0.2) is 23.5 Å². The first-order valence-electron chi connectivity index (χ1n) is 7.66. The number of carboxylic acids is 1. The number of aliphatic carboxylic acids is 1. The molecule has 0 aromatic carbocycles. The summed E-state index contributed by atoms with van der Waals surface area (Å²) >= 11 is 0. The molecule has 0 aliphatic carbocycles. The molecule has 0 unspecified atom stereocenters. The van der Waals surface area contributed by atoms with Crippen LogP contribution in [-0.2, 0) is 9.53 Å². The van der Waals surface area contributed by atoms with Crippen molar-refractivity contribution >= 4 is 12.1 Å². The third kappa shape index (κ3) is 4.26. The summed E-state index contributed by atoms with van der Waals surface area (Å²) in [6.45, 7) is 6.14. The molecule has 0 aromatic rings. The molecule has 0 saturated carbocycles. The first kappa shape index (κ1) is 16.4. The highest BCUT2D eigenvalue weighted by Crippen LogP contribution is 2.27. The van der Waals surface area contributed by atoms with E-state index in [4.69, 9.17) is 9.84 Å². The van der Waals surface area contributed by atoms with Gasteiger partial charge in [-0.1, -0.05) is 12.2 Å². The van der Waals surface area contributed by atoms with Crippen LogP contribution in [0.4, 0.5) is 4.79 Å². The summed E-state index contributed by atoms with van der Waals surface area (Å²) in [6, 6.07) is -0.0714. The van der Waals surface area contributed by atoms with Gasteiger partial charge in [-0.25, -0.2) is 4.79 Å². The van der Waals surface area contributed by atoms with Crippen LogP contribution in [0.25, 0.3) is 0 Å². The molecule has 0 spiro atoms. The summed E-state index contributed by atoms with van der Waals surface area (Å²) < 4.78 is 5.45. The lowest BCUT2D eigenvalue weighted by molar-refractivity contribution is -0.137. The van der Waals surface area contributed by atoms with Gasteiger partial charge < -0.3 is 15.2 Å². The standard InChI is InChI=1S/C16H24N2O4/c1-16(2,3)22-15(21)18-10-4-5-11-6-7-12(17-14(11)18)8-9-13(19)20/h6-7,12,17H,4-5,8-10H2,1-3H3,(H,19,20)/t12-/m0/s1. The quantitative estimate of drug-likeness (QED) is 0.838. The number of dihydropyridines is 1. The van der Waals surface area contributed by atoms with Crippen molar-refractivity contribution in [2.45, 2.75) is 58.1 Å². The number of ether oxygens (including phenoxy) is 1. The highest BCUT2D eigenvalue weighted by molar-refractivity contribution is 5.71. The molecule has 0 saturated heterocycles. The summed E-state index contributed by atoms with van der Waals surface area (Å²) in [6.07, 6.45) is 5.99. The van der Waals surface area contributed by atoms with Crippen molar-refractivity contribution in [3.8, 4) is 0 Å². The van der Waals surface area contributed by atoms with Crippen molar-refractivity contribution in [1.29, 1.82) is 0 Å². The number of nitrogens with zero attached hydrogens (tertiary/aromatic N) is 1. The van der Waals surface area contributed by atoms with Crippen LogP contribution < -0.4 is 5.32 Å². The molecule has 122 valence electrons. The SMILES string of the molecule is CC(C)(C)OC(=O)N1CCCC2=C1N[C@H](CCC(=O)O)C=C2. The second-order valence-electron chi connectivity index (χ2n) is 6.65. The molecule has 1 atom stereocenters. The number of nitrogens with one attached hydrogen (secondary N) is 1. The van der Waals surface area contributed by atoms with Gasteiger partial charge in [0.1, 0.15) is 11.4 Å². The smallest absolute Gasteiger partial charge is 0.415 e. The summed E-state index contributed by atoms with van der Waals surface area (Å²) in [4.78, 5) is 24.7. The lowest BCUT2D eigenvalue weighted by atomic mass is 9.99. The first-order valence-corrected chi connectivity index (χ1v) is 7.66. The molecule has 0 fully saturated rings. The highest BCUT2D eigenvalue weighted by Gasteiger charge is 2.31. The fourth-order valence-corrected chi connectivity index (χ4v) is 2.57. The monoisotopic (exact) mass is 308 g/mol. The third-order valence-corrected chi connectivity index (χ3v) is 3.54. The fraction of sp³-hybridized carbons (Fsp3) is 0.625. The largest absolute Gasteiger partial charge is 0.481 e. The van der Waals surface area contributed by atoms with Crippen LogP contribution in [0.5, 0.6) is 0 Å². The number of allylic oxidation sites excluding steroid dienone is 2. The molecular formula is C16H24N2O4. The number of hydrogen-bond donors (Lipinski definition) is 2. The van der Waals surface area contributed by atoms with Gasteiger partial charge in [0, 0.05) is 19.0 Å². The van der Waals surface area contributed by atoms with E-state index >= 15 is 0 Å². The molecule has 2 rings (SSSR count). The zero-order chi connectivity index (χ0) is 16.3. The van der Waals surface area contributed by atoms with Gasteiger partial charge in [-0.2, -0.15) is 0 Å². The van der Waals surface area contributed by atoms with Crippen molar-refractivity contribution in [1.82, 2.24) is 10.2 Å². The predicted molar refractivity (Wildman–Crippen MR) is 82.1 cm³/mol. The molecule has 2 aliphatic heterocycles. The van der Waals surface area contributed by atoms with E-state index in [-0.39, 0.29) is 18.6 Å². The van der Waals surface area contributed by atoms with E-state index in [9.17, 15) is 9.59 Å². The first-order chi connectivity index (χ1) is 10.3. The predicted octanol–water partition coefficient (Wildman–Crippen LogP) is 2.62. The maximum Gasteiger partial charge on any atom is 0.415 e. The number of hydrogen-bond acceptors (Lipinski definition) is 4. The van der Waals surface area contributed by atoms with Gasteiger partial charge in [-0.3, -0.25) is 9.69 Å². The average molecular weight is 308 g/mol. The second-order valence-corrected chi connectivity index (χ2v) is 6.65. The normalized spacial score (nSPS) is 21.2. The van der Waals surface area contributed by atoms with Gasteiger partial charge in [0.25, 0.3) is 0 Å². The van der Waals surface area contributed by atoms with Crippen molar-refractivity contribution < 1.29 is 19.4 Å². The van der Waals surface area contributed by atoms with Crippen molar-refractivity contribution in [3.63, 3.8) is 0 Å². The van der Waals surface area contributed by atoms with Crippen molar-refractivity contribution in [2.75, 3.05) is 6.54 Å². The van der Waals surface area contributed by atoms with E-state index in [1.807, 2.05) is 32.9 Å². The summed E-state index contributed by atoms with van der Waals surface area (Å²) in [7, 11) is 0. The Bertz CT molecular complexity index is 517. The Labute approximate surface area is 130 Å². The van der Waals surface area contributed by atoms with E-state index in [0.29, 0.717) is 13.0 Å². The number of rotatable bonds is 3. The number of carbonyl (C=O) groups is 2. The Balaban J connectivity index is 2.08. The Morgan fingerprint density at radius 3 is 2.82 bits per heavy atom. The minimum atomic E-state index is -0.817. The van der Waals surface area contributed by atoms with Gasteiger partial charge in [-0.05, 0) is 45.6 Å². The molecule has 22 heavy (non-hydrogen) atoms. The molecular weight excluding hydrogens is 284 g/mol. The van der Waals surface area contributed by atoms with Gasteiger partial charge >= 0.3 is 12.1 Å². The Morgan fingerprint density at radius 1 is 1.45 bits per heavy atom. The summed E-state index contributed by atoms with van der Waals surface area (Å²) in [5.41, 5.74) is 0.534. The van der Waals surface area contributed by atoms with Crippen LogP contribution in [0.2, 0.25) is 0 Å². The summed E-state index contributed by atoms with van der Waals surface area (Å²) in [5, 5.41) is 12.1. The molecule has 2 heterocycles. The van der Waals surface area contributed by atoms with Crippen molar-refractivity contribution in [3.05, 3.63) is 23.5 Å². The molecule has 6 heteroatoms. The average Bonchev–Trinajstić information content (AvgIpc) is 2.42. The Kier molecular flexibility index (Phi) is 4.78. The van der Waals surface area contributed by atoms with Crippen LogP contribution in [0.3, 0.4) is 0 Å². The number of carbonyl (C=O) groups excluding carboxylic acids is 1. The fourth-order valence-electron chi connectivity index (χ4n) is 2.57. The van der Waals surface area contributed by atoms with E-state index in [1.54, 1.807) is 4.90 Å². The van der Waals surface area contributed by atoms with Gasteiger partial charge in [0.05, 0.1) is 0 Å². The maximum absolute atomic E-state index is 12.4. The van der Waals surface area contributed by atoms with Crippen LogP contribution in [-0.4, -0.2) is 40.3 Å². The number of carboxylic acid groups (broad SMARTS) is 1. The molecule has 2 N–H and O–H groups in total. The highest BCUT2D eigenvalue weighted by atomic mass is 16.6. The molecule has 2 aliphatic rings. The van der Waals surface area contributed by atoms with Gasteiger partial charge in [0.2, 0.25) is 0 Å². The molecule has 0 aromatic heterocycles. The lowest BCUT2D eigenvalue weighted by Gasteiger charge is -2.36. The van der Waals surface area contributed by atoms with E-state index < -0.39 is 11.6 Å². The van der Waals surface area contributed by atoms with Crippen LogP contribution in [0, 0.1) is 0 Å². The van der Waals surface area contributed by atoms with Crippen LogP contribution >= 0.6 is 0 Å². The minimum absolute atomic E-state index is 0.0714.